The number of aromatic amines is 1. The summed E-state index contributed by atoms with van der Waals surface area (Å²) in [6.07, 6.45) is 9.58. The number of carbonyl (C=O) groups excluding carboxylic acids is 3. The third-order valence-corrected chi connectivity index (χ3v) is 5.98. The largest absolute Gasteiger partial charge is 0.464 e. The van der Waals surface area contributed by atoms with Gasteiger partial charge in [-0.15, -0.1) is 0 Å². The Hall–Kier alpha value is -3.62. The molecule has 10 nitrogen and oxygen atoms in total. The van der Waals surface area contributed by atoms with Gasteiger partial charge in [0.2, 0.25) is 11.8 Å². The summed E-state index contributed by atoms with van der Waals surface area (Å²) in [6, 6.07) is 9.38. The zero-order valence-corrected chi connectivity index (χ0v) is 22.3. The topological polar surface area (TPSA) is 131 Å². The highest BCUT2D eigenvalue weighted by atomic mass is 32.2. The zero-order chi connectivity index (χ0) is 27.0. The molecule has 2 N–H and O–H groups in total. The van der Waals surface area contributed by atoms with Gasteiger partial charge >= 0.3 is 5.97 Å². The second-order valence-electron chi connectivity index (χ2n) is 8.40. The van der Waals surface area contributed by atoms with Crippen molar-refractivity contribution in [2.75, 3.05) is 45.8 Å². The maximum absolute atomic E-state index is 12.1. The lowest BCUT2D eigenvalue weighted by Gasteiger charge is -2.17. The van der Waals surface area contributed by atoms with Gasteiger partial charge in [0.25, 0.3) is 0 Å². The zero-order valence-electron chi connectivity index (χ0n) is 21.5. The molecule has 0 unspecified atom stereocenters. The summed E-state index contributed by atoms with van der Waals surface area (Å²) in [4.78, 5) is 45.9. The molecule has 1 saturated heterocycles. The van der Waals surface area contributed by atoms with Crippen LogP contribution in [0.3, 0.4) is 0 Å². The second kappa shape index (κ2) is 16.2. The van der Waals surface area contributed by atoms with Crippen LogP contribution in [0.15, 0.2) is 48.6 Å². The summed E-state index contributed by atoms with van der Waals surface area (Å²) in [5.74, 6) is -0.0860. The first kappa shape index (κ1) is 29.6. The Morgan fingerprint density at radius 1 is 1.30 bits per heavy atom. The van der Waals surface area contributed by atoms with E-state index in [0.29, 0.717) is 24.3 Å². The highest BCUT2D eigenvalue weighted by molar-refractivity contribution is 7.98. The number of nitriles is 1. The molecule has 1 fully saturated rings. The SMILES string of the molecule is COC(=O)/C(=C\CSC)NC(=O)CN(C)Cc1ccccc1C#N.O=C(Cc1cnc[nH]1)N1CCCC1. The van der Waals surface area contributed by atoms with Crippen LogP contribution in [0.5, 0.6) is 0 Å². The normalized spacial score (nSPS) is 12.9. The van der Waals surface area contributed by atoms with Crippen molar-refractivity contribution in [2.45, 2.75) is 25.8 Å². The summed E-state index contributed by atoms with van der Waals surface area (Å²) in [6.45, 7) is 2.40. The highest BCUT2D eigenvalue weighted by Gasteiger charge is 2.18. The maximum atomic E-state index is 12.1. The minimum atomic E-state index is -0.574. The predicted octanol–water partition coefficient (Wildman–Crippen LogP) is 2.10. The number of amides is 2. The van der Waals surface area contributed by atoms with Crippen LogP contribution in [-0.2, 0) is 32.1 Å². The van der Waals surface area contributed by atoms with Gasteiger partial charge in [-0.2, -0.15) is 17.0 Å². The molecular formula is C26H34N6O4S. The molecule has 37 heavy (non-hydrogen) atoms. The van der Waals surface area contributed by atoms with Crippen LogP contribution in [0.1, 0.15) is 29.7 Å². The van der Waals surface area contributed by atoms with E-state index in [4.69, 9.17) is 5.26 Å². The average molecular weight is 527 g/mol. The fraction of sp³-hybridized carbons (Fsp3) is 0.423. The molecule has 0 radical (unpaired) electrons. The molecule has 0 atom stereocenters. The van der Waals surface area contributed by atoms with Crippen LogP contribution in [0.25, 0.3) is 0 Å². The number of nitrogens with one attached hydrogen (secondary N) is 2. The van der Waals surface area contributed by atoms with E-state index in [1.165, 1.54) is 18.9 Å². The van der Waals surface area contributed by atoms with Gasteiger partial charge < -0.3 is 19.9 Å². The van der Waals surface area contributed by atoms with Gasteiger partial charge in [-0.05, 0) is 43.9 Å². The summed E-state index contributed by atoms with van der Waals surface area (Å²) in [7, 11) is 3.05. The highest BCUT2D eigenvalue weighted by Crippen LogP contribution is 2.10. The predicted molar refractivity (Wildman–Crippen MR) is 142 cm³/mol. The van der Waals surface area contributed by atoms with E-state index in [2.05, 4.69) is 26.1 Å². The van der Waals surface area contributed by atoms with Gasteiger partial charge in [0, 0.05) is 37.3 Å². The molecule has 1 aromatic heterocycles. The van der Waals surface area contributed by atoms with Gasteiger partial charge in [0.1, 0.15) is 5.70 Å². The molecule has 3 rings (SSSR count). The number of aromatic nitrogens is 2. The monoisotopic (exact) mass is 526 g/mol. The number of benzene rings is 1. The van der Waals surface area contributed by atoms with Crippen LogP contribution in [0.4, 0.5) is 0 Å². The van der Waals surface area contributed by atoms with E-state index in [0.717, 1.165) is 37.2 Å². The third-order valence-electron chi connectivity index (χ3n) is 5.48. The number of ether oxygens (including phenoxy) is 1. The minimum absolute atomic E-state index is 0.0906. The molecule has 1 aromatic carbocycles. The van der Waals surface area contributed by atoms with Gasteiger partial charge in [-0.25, -0.2) is 9.78 Å². The number of likely N-dealkylation sites (tertiary alicyclic amines) is 1. The molecule has 2 heterocycles. The molecule has 11 heteroatoms. The van der Waals surface area contributed by atoms with Gasteiger partial charge in [0.05, 0.1) is 38.0 Å². The Kier molecular flexibility index (Phi) is 13.0. The smallest absolute Gasteiger partial charge is 0.354 e. The molecule has 2 amide bonds. The Bertz CT molecular complexity index is 1090. The first-order valence-corrected chi connectivity index (χ1v) is 13.3. The number of H-pyrrole nitrogens is 1. The molecule has 0 aliphatic carbocycles. The van der Waals surface area contributed by atoms with Crippen LogP contribution in [0.2, 0.25) is 0 Å². The van der Waals surface area contributed by atoms with Crippen LogP contribution >= 0.6 is 11.8 Å². The summed E-state index contributed by atoms with van der Waals surface area (Å²) >= 11 is 1.53. The van der Waals surface area contributed by atoms with Crippen LogP contribution in [-0.4, -0.2) is 83.4 Å². The Labute approximate surface area is 222 Å². The minimum Gasteiger partial charge on any atom is -0.464 e. The number of nitrogens with zero attached hydrogens (tertiary/aromatic N) is 4. The number of methoxy groups -OCH3 is 1. The van der Waals surface area contributed by atoms with Gasteiger partial charge in [0.15, 0.2) is 0 Å². The first-order valence-electron chi connectivity index (χ1n) is 11.9. The van der Waals surface area contributed by atoms with Crippen molar-refractivity contribution in [3.63, 3.8) is 0 Å². The Morgan fingerprint density at radius 3 is 2.65 bits per heavy atom. The fourth-order valence-corrected chi connectivity index (χ4v) is 3.97. The molecule has 2 aromatic rings. The van der Waals surface area contributed by atoms with E-state index in [9.17, 15) is 14.4 Å². The summed E-state index contributed by atoms with van der Waals surface area (Å²) in [5, 5.41) is 11.7. The lowest BCUT2D eigenvalue weighted by atomic mass is 10.1. The van der Waals surface area contributed by atoms with Crippen molar-refractivity contribution >= 4 is 29.5 Å². The fourth-order valence-electron chi connectivity index (χ4n) is 3.63. The maximum Gasteiger partial charge on any atom is 0.354 e. The molecule has 0 saturated carbocycles. The number of rotatable bonds is 10. The Morgan fingerprint density at radius 2 is 2.03 bits per heavy atom. The van der Waals surface area contributed by atoms with E-state index >= 15 is 0 Å². The molecule has 198 valence electrons. The number of carbonyl (C=O) groups is 3. The van der Waals surface area contributed by atoms with Crippen molar-refractivity contribution in [2.24, 2.45) is 0 Å². The summed E-state index contributed by atoms with van der Waals surface area (Å²) < 4.78 is 4.66. The molecule has 0 spiro atoms. The lowest BCUT2D eigenvalue weighted by Crippen LogP contribution is -2.36. The number of imidazole rings is 1. The standard InChI is InChI=1S/C17H21N3O3S.C9H13N3O/c1-20(11-14-7-5-4-6-13(14)10-18)12-16(21)19-15(8-9-24-3)17(22)23-2;13-9(12-3-1-2-4-12)5-8-6-10-7-11-8/h4-8H,9,11-12H2,1-3H3,(H,19,21);6-7H,1-5H2,(H,10,11)/b15-8+;. The third kappa shape index (κ3) is 10.5. The first-order chi connectivity index (χ1) is 17.9. The van der Waals surface area contributed by atoms with Crippen molar-refractivity contribution in [3.8, 4) is 6.07 Å². The van der Waals surface area contributed by atoms with Crippen LogP contribution < -0.4 is 5.32 Å². The number of hydrogen-bond acceptors (Lipinski definition) is 8. The molecule has 1 aliphatic heterocycles. The number of thioether (sulfide) groups is 1. The van der Waals surface area contributed by atoms with Crippen molar-refractivity contribution < 1.29 is 19.1 Å². The Balaban J connectivity index is 0.000000308. The van der Waals surface area contributed by atoms with E-state index in [-0.39, 0.29) is 24.1 Å². The average Bonchev–Trinajstić information content (AvgIpc) is 3.61. The van der Waals surface area contributed by atoms with E-state index in [1.54, 1.807) is 42.7 Å². The molecule has 1 aliphatic rings. The number of esters is 1. The van der Waals surface area contributed by atoms with E-state index < -0.39 is 5.97 Å². The van der Waals surface area contributed by atoms with Gasteiger partial charge in [-0.1, -0.05) is 18.2 Å². The van der Waals surface area contributed by atoms with E-state index in [1.807, 2.05) is 23.3 Å². The molecular weight excluding hydrogens is 492 g/mol. The van der Waals surface area contributed by atoms with Crippen molar-refractivity contribution in [1.29, 1.82) is 5.26 Å². The number of likely N-dealkylation sites (N-methyl/N-ethyl adjacent to an activating group) is 1. The van der Waals surface area contributed by atoms with Crippen LogP contribution in [0, 0.1) is 11.3 Å². The summed E-state index contributed by atoms with van der Waals surface area (Å²) in [5.41, 5.74) is 2.47. The van der Waals surface area contributed by atoms with Crippen molar-refractivity contribution in [3.05, 3.63) is 65.4 Å². The van der Waals surface area contributed by atoms with Gasteiger partial charge in [-0.3, -0.25) is 14.5 Å². The quantitative estimate of drug-likeness (QED) is 0.355. The molecule has 0 bridgehead atoms. The lowest BCUT2D eigenvalue weighted by molar-refractivity contribution is -0.138. The van der Waals surface area contributed by atoms with Crippen molar-refractivity contribution in [1.82, 2.24) is 25.1 Å². The number of hydrogen-bond donors (Lipinski definition) is 2. The second-order valence-corrected chi connectivity index (χ2v) is 9.31.